The molecule has 0 aliphatic heterocycles. The van der Waals surface area contributed by atoms with Crippen molar-refractivity contribution >= 4 is 75.4 Å². The Morgan fingerprint density at radius 1 is 0.808 bits per heavy atom. The van der Waals surface area contributed by atoms with Gasteiger partial charge in [-0.3, -0.25) is 9.78 Å². The molecule has 0 unspecified atom stereocenters. The number of carbonyl (C=O) groups is 1. The molecule has 8 aromatic rings. The van der Waals surface area contributed by atoms with Crippen LogP contribution >= 0.6 is 11.3 Å². The predicted molar refractivity (Wildman–Crippen MR) is 219 cm³/mol. The summed E-state index contributed by atoms with van der Waals surface area (Å²) >= 11 is 1.87. The summed E-state index contributed by atoms with van der Waals surface area (Å²) in [5, 5.41) is 17.4. The number of fused-ring (bicyclic) bond motifs is 3. The van der Waals surface area contributed by atoms with Crippen LogP contribution in [-0.4, -0.2) is 20.3 Å². The van der Waals surface area contributed by atoms with Crippen LogP contribution in [0.4, 0.5) is 0 Å². The minimum absolute atomic E-state index is 0. The van der Waals surface area contributed by atoms with Crippen molar-refractivity contribution < 1.29 is 30.0 Å². The maximum absolute atomic E-state index is 11.7. The molecule has 0 aliphatic carbocycles. The Morgan fingerprint density at radius 3 is 2.12 bits per heavy atom. The number of carbonyl (C=O) groups excluding carboxylic acids is 1. The molecule has 0 saturated heterocycles. The summed E-state index contributed by atoms with van der Waals surface area (Å²) in [4.78, 5) is 17.0. The third-order valence-corrected chi connectivity index (χ3v) is 11.7. The van der Waals surface area contributed by atoms with E-state index in [9.17, 15) is 9.90 Å². The Bertz CT molecular complexity index is 2560. The van der Waals surface area contributed by atoms with Gasteiger partial charge in [0, 0.05) is 69.1 Å². The Labute approximate surface area is 324 Å². The van der Waals surface area contributed by atoms with Gasteiger partial charge < -0.3 is 9.51 Å². The molecule has 0 fully saturated rings. The van der Waals surface area contributed by atoms with E-state index in [4.69, 9.17) is 4.98 Å². The first-order valence-electron chi connectivity index (χ1n) is 18.5. The van der Waals surface area contributed by atoms with Crippen LogP contribution in [0.2, 0.25) is 0 Å². The molecule has 3 aromatic heterocycles. The molecule has 0 aliphatic rings. The zero-order valence-corrected chi connectivity index (χ0v) is 34.3. The van der Waals surface area contributed by atoms with E-state index in [1.807, 2.05) is 39.0 Å². The van der Waals surface area contributed by atoms with Crippen molar-refractivity contribution in [1.29, 1.82) is 0 Å². The standard InChI is InChI=1S/C33H23N2S.C13H24O2.Ir/c1-33(2,3)24-18-20(17-19-9-4-5-10-21(19)24)32-34-25-13-6-12-23-22-11-7-15-27-29(22)30-26(35(32)31(23)25)14-8-16-28(30)36-27;1-5-10(6-2)12(14)9-13(15)11(7-3)8-4;/h4-16,18H,1-3H3;9-11,14H,5-8H2,1-4H3;/q-1;;/b;12-9-;. The van der Waals surface area contributed by atoms with Crippen LogP contribution in [0.25, 0.3) is 69.7 Å². The number of rotatable bonds is 8. The zero-order valence-electron chi connectivity index (χ0n) is 31.1. The molecule has 5 aromatic carbocycles. The van der Waals surface area contributed by atoms with Gasteiger partial charge in [-0.05, 0) is 60.7 Å². The molecule has 0 saturated carbocycles. The summed E-state index contributed by atoms with van der Waals surface area (Å²) in [5.74, 6) is 1.50. The average Bonchev–Trinajstić information content (AvgIpc) is 3.67. The number of ketones is 1. The molecular formula is C46H47IrN2O2S-. The van der Waals surface area contributed by atoms with Gasteiger partial charge in [0.1, 0.15) is 0 Å². The van der Waals surface area contributed by atoms with Crippen LogP contribution in [0, 0.1) is 17.9 Å². The van der Waals surface area contributed by atoms with E-state index < -0.39 is 0 Å². The number of aliphatic hydroxyl groups is 1. The van der Waals surface area contributed by atoms with Crippen LogP contribution in [0.15, 0.2) is 96.8 Å². The van der Waals surface area contributed by atoms with E-state index in [2.05, 4.69) is 116 Å². The van der Waals surface area contributed by atoms with E-state index in [-0.39, 0.29) is 48.9 Å². The smallest absolute Gasteiger partial charge is 0.162 e. The van der Waals surface area contributed by atoms with E-state index >= 15 is 0 Å². The quantitative estimate of drug-likeness (QED) is 0.0940. The molecule has 0 spiro atoms. The van der Waals surface area contributed by atoms with Crippen LogP contribution < -0.4 is 0 Å². The predicted octanol–water partition coefficient (Wildman–Crippen LogP) is 13.2. The first kappa shape index (κ1) is 37.7. The van der Waals surface area contributed by atoms with Gasteiger partial charge in [-0.25, -0.2) is 0 Å². The van der Waals surface area contributed by atoms with Crippen molar-refractivity contribution in [2.45, 2.75) is 79.6 Å². The molecule has 0 atom stereocenters. The molecule has 52 heavy (non-hydrogen) atoms. The second-order valence-electron chi connectivity index (χ2n) is 14.8. The fourth-order valence-electron chi connectivity index (χ4n) is 7.77. The largest absolute Gasteiger partial charge is 0.512 e. The number of aliphatic hydroxyl groups excluding tert-OH is 1. The molecule has 1 radical (unpaired) electrons. The third kappa shape index (κ3) is 6.55. The van der Waals surface area contributed by atoms with Crippen molar-refractivity contribution in [3.8, 4) is 11.4 Å². The zero-order chi connectivity index (χ0) is 36.0. The number of allylic oxidation sites excluding steroid dienone is 2. The third-order valence-electron chi connectivity index (χ3n) is 10.6. The van der Waals surface area contributed by atoms with E-state index in [1.54, 1.807) is 0 Å². The SMILES string of the molecule is CC(C)(C)c1cc(-c2nc3cccc4c5cccc6sc7cccc(c7c65)n2c34)[c-]c2ccccc12.CCC(CC)C(=O)/C=C(\O)C(CC)CC.[Ir]. The number of aromatic nitrogens is 2. The second-order valence-corrected chi connectivity index (χ2v) is 15.8. The summed E-state index contributed by atoms with van der Waals surface area (Å²) in [6, 6.07) is 34.6. The molecule has 269 valence electrons. The molecular weight excluding hydrogens is 837 g/mol. The number of thiophene rings is 1. The minimum atomic E-state index is -0.00477. The summed E-state index contributed by atoms with van der Waals surface area (Å²) in [7, 11) is 0. The van der Waals surface area contributed by atoms with Crippen LogP contribution in [0.1, 0.15) is 79.7 Å². The minimum Gasteiger partial charge on any atom is -0.512 e. The molecule has 6 heteroatoms. The molecule has 0 amide bonds. The van der Waals surface area contributed by atoms with Gasteiger partial charge in [-0.2, -0.15) is 0 Å². The van der Waals surface area contributed by atoms with Gasteiger partial charge in [0.15, 0.2) is 5.78 Å². The molecule has 1 N–H and O–H groups in total. The second kappa shape index (κ2) is 15.1. The summed E-state index contributed by atoms with van der Waals surface area (Å²) in [6.07, 6.45) is 4.91. The average molecular weight is 884 g/mol. The molecule has 3 heterocycles. The fourth-order valence-corrected chi connectivity index (χ4v) is 8.92. The number of hydrogen-bond acceptors (Lipinski definition) is 4. The van der Waals surface area contributed by atoms with Gasteiger partial charge in [-0.1, -0.05) is 108 Å². The normalized spacial score (nSPS) is 12.5. The monoisotopic (exact) mass is 884 g/mol. The molecule has 8 rings (SSSR count). The van der Waals surface area contributed by atoms with Crippen molar-refractivity contribution in [3.05, 3.63) is 108 Å². The van der Waals surface area contributed by atoms with Gasteiger partial charge >= 0.3 is 0 Å². The number of nitrogens with zero attached hydrogens (tertiary/aromatic N) is 2. The van der Waals surface area contributed by atoms with E-state index in [0.717, 1.165) is 48.0 Å². The number of benzene rings is 5. The van der Waals surface area contributed by atoms with Crippen LogP contribution in [-0.2, 0) is 30.3 Å². The van der Waals surface area contributed by atoms with E-state index in [0.29, 0.717) is 0 Å². The Balaban J connectivity index is 0.000000250. The van der Waals surface area contributed by atoms with Crippen molar-refractivity contribution in [2.75, 3.05) is 0 Å². The van der Waals surface area contributed by atoms with E-state index in [1.165, 1.54) is 59.0 Å². The molecule has 0 bridgehead atoms. The first-order valence-corrected chi connectivity index (χ1v) is 19.3. The number of para-hydroxylation sites is 1. The summed E-state index contributed by atoms with van der Waals surface area (Å²) in [6.45, 7) is 14.9. The maximum atomic E-state index is 11.7. The van der Waals surface area contributed by atoms with Gasteiger partial charge in [0.05, 0.1) is 22.6 Å². The van der Waals surface area contributed by atoms with Crippen molar-refractivity contribution in [2.24, 2.45) is 11.8 Å². The van der Waals surface area contributed by atoms with Gasteiger partial charge in [0.2, 0.25) is 0 Å². The number of imidazole rings is 1. The summed E-state index contributed by atoms with van der Waals surface area (Å²) < 4.78 is 5.04. The Morgan fingerprint density at radius 2 is 1.42 bits per heavy atom. The fraction of sp³-hybridized carbons (Fsp3) is 0.304. The molecule has 4 nitrogen and oxygen atoms in total. The summed E-state index contributed by atoms with van der Waals surface area (Å²) in [5.41, 5.74) is 5.74. The van der Waals surface area contributed by atoms with Crippen molar-refractivity contribution in [3.63, 3.8) is 0 Å². The topological polar surface area (TPSA) is 54.6 Å². The number of hydrogen-bond donors (Lipinski definition) is 1. The van der Waals surface area contributed by atoms with Crippen LogP contribution in [0.3, 0.4) is 0 Å². The van der Waals surface area contributed by atoms with Crippen molar-refractivity contribution in [1.82, 2.24) is 9.38 Å². The first-order chi connectivity index (χ1) is 24.6. The Kier molecular flexibility index (Phi) is 10.9. The maximum Gasteiger partial charge on any atom is 0.162 e. The van der Waals surface area contributed by atoms with Crippen LogP contribution in [0.5, 0.6) is 0 Å². The van der Waals surface area contributed by atoms with Gasteiger partial charge in [-0.15, -0.1) is 40.5 Å². The Hall–Kier alpha value is -4.09. The van der Waals surface area contributed by atoms with Gasteiger partial charge in [0.25, 0.3) is 0 Å².